The lowest BCUT2D eigenvalue weighted by Crippen LogP contribution is -2.28. The first-order chi connectivity index (χ1) is 9.24. The van der Waals surface area contributed by atoms with Crippen molar-refractivity contribution in [3.8, 4) is 0 Å². The van der Waals surface area contributed by atoms with Gasteiger partial charge in [-0.15, -0.1) is 11.8 Å². The van der Waals surface area contributed by atoms with Gasteiger partial charge in [0.25, 0.3) is 0 Å². The van der Waals surface area contributed by atoms with Crippen LogP contribution in [0.5, 0.6) is 0 Å². The van der Waals surface area contributed by atoms with Crippen LogP contribution >= 0.6 is 11.8 Å². The van der Waals surface area contributed by atoms with E-state index in [1.807, 2.05) is 6.07 Å². The van der Waals surface area contributed by atoms with Crippen LogP contribution in [-0.2, 0) is 9.47 Å². The molecule has 4 heteroatoms. The molecule has 1 aliphatic heterocycles. The Kier molecular flexibility index (Phi) is 6.17. The highest BCUT2D eigenvalue weighted by atomic mass is 32.2. The highest BCUT2D eigenvalue weighted by Crippen LogP contribution is 2.20. The number of hydrogen-bond acceptors (Lipinski definition) is 4. The summed E-state index contributed by atoms with van der Waals surface area (Å²) in [6.07, 6.45) is 1.73. The van der Waals surface area contributed by atoms with Gasteiger partial charge in [0, 0.05) is 23.9 Å². The van der Waals surface area contributed by atoms with Crippen LogP contribution in [0.3, 0.4) is 0 Å². The zero-order valence-corrected chi connectivity index (χ0v) is 12.2. The van der Waals surface area contributed by atoms with Crippen molar-refractivity contribution in [3.05, 3.63) is 29.8 Å². The van der Waals surface area contributed by atoms with E-state index in [1.54, 1.807) is 11.8 Å². The molecule has 1 unspecified atom stereocenters. The van der Waals surface area contributed by atoms with Gasteiger partial charge < -0.3 is 14.6 Å². The molecule has 0 saturated carbocycles. The van der Waals surface area contributed by atoms with E-state index in [0.29, 0.717) is 12.4 Å². The Labute approximate surface area is 119 Å². The zero-order chi connectivity index (χ0) is 13.5. The predicted molar refractivity (Wildman–Crippen MR) is 77.7 cm³/mol. The quantitative estimate of drug-likeness (QED) is 0.814. The fourth-order valence-corrected chi connectivity index (χ4v) is 2.96. The summed E-state index contributed by atoms with van der Waals surface area (Å²) in [7, 11) is 0. The van der Waals surface area contributed by atoms with Crippen LogP contribution in [0, 0.1) is 6.92 Å². The van der Waals surface area contributed by atoms with Crippen molar-refractivity contribution in [1.29, 1.82) is 0 Å². The summed E-state index contributed by atoms with van der Waals surface area (Å²) in [5.41, 5.74) is 1.25. The number of thioether (sulfide) groups is 1. The lowest BCUT2D eigenvalue weighted by Gasteiger charge is -2.23. The minimum atomic E-state index is -0.409. The van der Waals surface area contributed by atoms with Crippen LogP contribution in [0.1, 0.15) is 18.4 Å². The Hall–Kier alpha value is -0.550. The van der Waals surface area contributed by atoms with Crippen molar-refractivity contribution in [2.45, 2.75) is 36.9 Å². The van der Waals surface area contributed by atoms with Crippen molar-refractivity contribution in [2.24, 2.45) is 0 Å². The van der Waals surface area contributed by atoms with Gasteiger partial charge in [-0.2, -0.15) is 0 Å². The number of ether oxygens (including phenoxy) is 2. The van der Waals surface area contributed by atoms with Crippen LogP contribution in [0.15, 0.2) is 29.2 Å². The molecule has 0 amide bonds. The minimum absolute atomic E-state index is 0.257. The van der Waals surface area contributed by atoms with E-state index >= 15 is 0 Å². The molecule has 1 saturated heterocycles. The second-order valence-corrected chi connectivity index (χ2v) is 6.02. The number of aliphatic hydroxyl groups excluding tert-OH is 1. The van der Waals surface area contributed by atoms with E-state index in [4.69, 9.17) is 9.47 Å². The van der Waals surface area contributed by atoms with E-state index < -0.39 is 6.10 Å². The normalized spacial score (nSPS) is 18.4. The summed E-state index contributed by atoms with van der Waals surface area (Å²) >= 11 is 1.67. The molecule has 1 aromatic carbocycles. The van der Waals surface area contributed by atoms with Gasteiger partial charge in [0.1, 0.15) is 0 Å². The Morgan fingerprint density at radius 3 is 2.95 bits per heavy atom. The number of rotatable bonds is 6. The molecular weight excluding hydrogens is 260 g/mol. The molecule has 19 heavy (non-hydrogen) atoms. The van der Waals surface area contributed by atoms with Gasteiger partial charge in [0.15, 0.2) is 0 Å². The van der Waals surface area contributed by atoms with Crippen LogP contribution < -0.4 is 0 Å². The molecule has 1 heterocycles. The SMILES string of the molecule is Cc1cccc(SCC(O)COC2CCOCC2)c1. The largest absolute Gasteiger partial charge is 0.390 e. The molecule has 1 aliphatic rings. The van der Waals surface area contributed by atoms with Crippen LogP contribution in [0.25, 0.3) is 0 Å². The van der Waals surface area contributed by atoms with Crippen molar-refractivity contribution >= 4 is 11.8 Å². The summed E-state index contributed by atoms with van der Waals surface area (Å²) in [4.78, 5) is 1.20. The molecule has 1 atom stereocenters. The van der Waals surface area contributed by atoms with Gasteiger partial charge in [0.2, 0.25) is 0 Å². The first kappa shape index (κ1) is 14.9. The molecule has 0 radical (unpaired) electrons. The molecule has 0 aliphatic carbocycles. The second-order valence-electron chi connectivity index (χ2n) is 4.93. The van der Waals surface area contributed by atoms with E-state index in [1.165, 1.54) is 10.5 Å². The lowest BCUT2D eigenvalue weighted by molar-refractivity contribution is -0.0549. The number of aryl methyl sites for hydroxylation is 1. The van der Waals surface area contributed by atoms with E-state index in [9.17, 15) is 5.11 Å². The van der Waals surface area contributed by atoms with Gasteiger partial charge in [-0.1, -0.05) is 17.7 Å². The van der Waals surface area contributed by atoms with Crippen LogP contribution in [0.2, 0.25) is 0 Å². The van der Waals surface area contributed by atoms with Crippen molar-refractivity contribution < 1.29 is 14.6 Å². The molecule has 1 N–H and O–H groups in total. The lowest BCUT2D eigenvalue weighted by atomic mass is 10.1. The predicted octanol–water partition coefficient (Wildman–Crippen LogP) is 2.64. The average molecular weight is 282 g/mol. The third-order valence-electron chi connectivity index (χ3n) is 3.12. The Morgan fingerprint density at radius 2 is 2.21 bits per heavy atom. The van der Waals surface area contributed by atoms with E-state index in [0.717, 1.165) is 26.1 Å². The molecule has 0 bridgehead atoms. The molecule has 0 spiro atoms. The van der Waals surface area contributed by atoms with Gasteiger partial charge in [-0.05, 0) is 31.9 Å². The zero-order valence-electron chi connectivity index (χ0n) is 11.4. The van der Waals surface area contributed by atoms with E-state index in [2.05, 4.69) is 25.1 Å². The van der Waals surface area contributed by atoms with Crippen molar-refractivity contribution in [1.82, 2.24) is 0 Å². The Morgan fingerprint density at radius 1 is 1.42 bits per heavy atom. The third kappa shape index (κ3) is 5.53. The van der Waals surface area contributed by atoms with E-state index in [-0.39, 0.29) is 6.10 Å². The summed E-state index contributed by atoms with van der Waals surface area (Å²) in [5.74, 6) is 0.673. The Balaban J connectivity index is 1.65. The average Bonchev–Trinajstić information content (AvgIpc) is 2.44. The molecule has 3 nitrogen and oxygen atoms in total. The van der Waals surface area contributed by atoms with Gasteiger partial charge in [-0.25, -0.2) is 0 Å². The second kappa shape index (κ2) is 7.90. The van der Waals surface area contributed by atoms with Crippen LogP contribution in [0.4, 0.5) is 0 Å². The maximum Gasteiger partial charge on any atom is 0.0867 e. The molecule has 1 fully saturated rings. The van der Waals surface area contributed by atoms with Crippen molar-refractivity contribution in [3.63, 3.8) is 0 Å². The Bertz CT molecular complexity index is 377. The van der Waals surface area contributed by atoms with Gasteiger partial charge in [0.05, 0.1) is 18.8 Å². The molecular formula is C15H22O3S. The topological polar surface area (TPSA) is 38.7 Å². The monoisotopic (exact) mass is 282 g/mol. The fourth-order valence-electron chi connectivity index (χ4n) is 2.04. The van der Waals surface area contributed by atoms with Gasteiger partial charge >= 0.3 is 0 Å². The summed E-state index contributed by atoms with van der Waals surface area (Å²) in [6, 6.07) is 8.33. The number of aliphatic hydroxyl groups is 1. The highest BCUT2D eigenvalue weighted by molar-refractivity contribution is 7.99. The number of hydrogen-bond donors (Lipinski definition) is 1. The molecule has 1 aromatic rings. The standard InChI is InChI=1S/C15H22O3S/c1-12-3-2-4-15(9-12)19-11-13(16)10-18-14-5-7-17-8-6-14/h2-4,9,13-14,16H,5-8,10-11H2,1H3. The summed E-state index contributed by atoms with van der Waals surface area (Å²) in [6.45, 7) is 4.05. The fraction of sp³-hybridized carbons (Fsp3) is 0.600. The maximum atomic E-state index is 9.93. The van der Waals surface area contributed by atoms with Gasteiger partial charge in [-0.3, -0.25) is 0 Å². The van der Waals surface area contributed by atoms with Crippen molar-refractivity contribution in [2.75, 3.05) is 25.6 Å². The molecule has 2 rings (SSSR count). The maximum absolute atomic E-state index is 9.93. The first-order valence-electron chi connectivity index (χ1n) is 6.81. The first-order valence-corrected chi connectivity index (χ1v) is 7.79. The summed E-state index contributed by atoms with van der Waals surface area (Å²) < 4.78 is 11.0. The number of benzene rings is 1. The highest BCUT2D eigenvalue weighted by Gasteiger charge is 2.16. The minimum Gasteiger partial charge on any atom is -0.390 e. The third-order valence-corrected chi connectivity index (χ3v) is 4.26. The molecule has 0 aromatic heterocycles. The smallest absolute Gasteiger partial charge is 0.0867 e. The summed E-state index contributed by atoms with van der Waals surface area (Å²) in [5, 5.41) is 9.93. The molecule has 106 valence electrons. The van der Waals surface area contributed by atoms with Crippen LogP contribution in [-0.4, -0.2) is 42.9 Å².